The minimum Gasteiger partial charge on any atom is -0.495 e. The third-order valence-corrected chi connectivity index (χ3v) is 5.96. The number of esters is 1. The summed E-state index contributed by atoms with van der Waals surface area (Å²) in [4.78, 5) is 26.2. The molecular formula is C21H26N2O4S. The first-order chi connectivity index (χ1) is 13.5. The van der Waals surface area contributed by atoms with E-state index in [0.717, 1.165) is 30.5 Å². The van der Waals surface area contributed by atoms with Crippen LogP contribution in [0.5, 0.6) is 5.75 Å². The second-order valence-electron chi connectivity index (χ2n) is 6.88. The monoisotopic (exact) mass is 402 g/mol. The summed E-state index contributed by atoms with van der Waals surface area (Å²) in [5.41, 5.74) is 2.30. The number of ether oxygens (including phenoxy) is 2. The average Bonchev–Trinajstić information content (AvgIpc) is 3.03. The molecule has 0 radical (unpaired) electrons. The zero-order valence-corrected chi connectivity index (χ0v) is 17.3. The van der Waals surface area contributed by atoms with E-state index in [1.54, 1.807) is 14.0 Å². The van der Waals surface area contributed by atoms with Gasteiger partial charge in [0.2, 0.25) is 5.91 Å². The number of amides is 1. The number of carbonyl (C=O) groups excluding carboxylic acids is 2. The van der Waals surface area contributed by atoms with Crippen LogP contribution in [0.3, 0.4) is 0 Å². The number of carbonyl (C=O) groups is 2. The topological polar surface area (TPSA) is 76.7 Å². The quantitative estimate of drug-likeness (QED) is 0.682. The van der Waals surface area contributed by atoms with Crippen LogP contribution >= 0.6 is 11.3 Å². The largest absolute Gasteiger partial charge is 0.495 e. The van der Waals surface area contributed by atoms with Crippen molar-refractivity contribution in [3.63, 3.8) is 0 Å². The summed E-state index contributed by atoms with van der Waals surface area (Å²) in [6.07, 6.45) is 2.82. The molecule has 0 saturated heterocycles. The van der Waals surface area contributed by atoms with E-state index in [4.69, 9.17) is 9.47 Å². The zero-order chi connectivity index (χ0) is 20.1. The highest BCUT2D eigenvalue weighted by molar-refractivity contribution is 7.17. The molecule has 1 atom stereocenters. The van der Waals surface area contributed by atoms with E-state index in [2.05, 4.69) is 17.6 Å². The molecule has 3 rings (SSSR count). The number of nitrogens with one attached hydrogen (secondary N) is 2. The van der Waals surface area contributed by atoms with E-state index in [1.807, 2.05) is 24.3 Å². The number of para-hydroxylation sites is 2. The Morgan fingerprint density at radius 1 is 1.29 bits per heavy atom. The first-order valence-corrected chi connectivity index (χ1v) is 10.3. The molecule has 150 valence electrons. The Labute approximate surface area is 169 Å². The maximum Gasteiger partial charge on any atom is 0.341 e. The number of anilines is 2. The van der Waals surface area contributed by atoms with E-state index >= 15 is 0 Å². The number of methoxy groups -OCH3 is 1. The lowest BCUT2D eigenvalue weighted by Crippen LogP contribution is -2.23. The summed E-state index contributed by atoms with van der Waals surface area (Å²) < 4.78 is 10.5. The van der Waals surface area contributed by atoms with Crippen molar-refractivity contribution in [1.82, 2.24) is 0 Å². The van der Waals surface area contributed by atoms with Crippen molar-refractivity contribution in [2.75, 3.05) is 30.9 Å². The fourth-order valence-electron chi connectivity index (χ4n) is 3.40. The van der Waals surface area contributed by atoms with Crippen molar-refractivity contribution in [2.24, 2.45) is 5.92 Å². The SMILES string of the molecule is CCOC(=O)c1c(NC(=O)CNc2ccccc2OC)sc2c1CCC(C)C2. The van der Waals surface area contributed by atoms with Crippen LogP contribution in [0.4, 0.5) is 10.7 Å². The Hall–Kier alpha value is -2.54. The van der Waals surface area contributed by atoms with Crippen molar-refractivity contribution in [3.05, 3.63) is 40.3 Å². The number of benzene rings is 1. The summed E-state index contributed by atoms with van der Waals surface area (Å²) in [6.45, 7) is 4.38. The van der Waals surface area contributed by atoms with E-state index in [0.29, 0.717) is 28.8 Å². The second-order valence-corrected chi connectivity index (χ2v) is 7.98. The molecule has 7 heteroatoms. The lowest BCUT2D eigenvalue weighted by molar-refractivity contribution is -0.114. The van der Waals surface area contributed by atoms with Gasteiger partial charge in [0.1, 0.15) is 10.8 Å². The van der Waals surface area contributed by atoms with Crippen molar-refractivity contribution in [2.45, 2.75) is 33.1 Å². The number of fused-ring (bicyclic) bond motifs is 1. The first kappa shape index (κ1) is 20.2. The fraction of sp³-hybridized carbons (Fsp3) is 0.429. The Morgan fingerprint density at radius 2 is 2.07 bits per heavy atom. The van der Waals surface area contributed by atoms with Gasteiger partial charge in [-0.3, -0.25) is 4.79 Å². The normalized spacial score (nSPS) is 15.5. The van der Waals surface area contributed by atoms with Gasteiger partial charge in [-0.2, -0.15) is 0 Å². The van der Waals surface area contributed by atoms with Gasteiger partial charge in [-0.1, -0.05) is 19.1 Å². The van der Waals surface area contributed by atoms with Crippen molar-refractivity contribution in [1.29, 1.82) is 0 Å². The van der Waals surface area contributed by atoms with Gasteiger partial charge in [-0.05, 0) is 49.8 Å². The molecule has 1 aromatic carbocycles. The van der Waals surface area contributed by atoms with E-state index < -0.39 is 0 Å². The smallest absolute Gasteiger partial charge is 0.341 e. The predicted molar refractivity (Wildman–Crippen MR) is 112 cm³/mol. The van der Waals surface area contributed by atoms with Gasteiger partial charge in [0.15, 0.2) is 0 Å². The van der Waals surface area contributed by atoms with Crippen LogP contribution in [0.15, 0.2) is 24.3 Å². The molecule has 2 N–H and O–H groups in total. The van der Waals surface area contributed by atoms with E-state index in [1.165, 1.54) is 16.2 Å². The number of hydrogen-bond acceptors (Lipinski definition) is 6. The summed E-state index contributed by atoms with van der Waals surface area (Å²) >= 11 is 1.49. The maximum absolute atomic E-state index is 12.5. The van der Waals surface area contributed by atoms with Crippen LogP contribution in [0.25, 0.3) is 0 Å². The van der Waals surface area contributed by atoms with Crippen LogP contribution < -0.4 is 15.4 Å². The molecule has 0 aliphatic heterocycles. The molecule has 2 aromatic rings. The highest BCUT2D eigenvalue weighted by Crippen LogP contribution is 2.40. The van der Waals surface area contributed by atoms with Crippen molar-refractivity contribution in [3.8, 4) is 5.75 Å². The van der Waals surface area contributed by atoms with E-state index in [-0.39, 0.29) is 18.4 Å². The molecule has 0 fully saturated rings. The molecule has 1 aliphatic rings. The lowest BCUT2D eigenvalue weighted by atomic mass is 9.88. The number of thiophene rings is 1. The van der Waals surface area contributed by atoms with Gasteiger partial charge in [0, 0.05) is 4.88 Å². The molecule has 1 heterocycles. The third kappa shape index (κ3) is 4.47. The molecule has 0 spiro atoms. The molecule has 0 saturated carbocycles. The molecule has 28 heavy (non-hydrogen) atoms. The molecule has 1 aromatic heterocycles. The predicted octanol–water partition coefficient (Wildman–Crippen LogP) is 4.11. The van der Waals surface area contributed by atoms with Crippen molar-refractivity contribution >= 4 is 33.9 Å². The minimum absolute atomic E-state index is 0.0710. The third-order valence-electron chi connectivity index (χ3n) is 4.79. The van der Waals surface area contributed by atoms with Gasteiger partial charge in [-0.25, -0.2) is 4.79 Å². The Balaban J connectivity index is 1.75. The van der Waals surface area contributed by atoms with Crippen molar-refractivity contribution < 1.29 is 19.1 Å². The van der Waals surface area contributed by atoms with Crippen LogP contribution in [-0.4, -0.2) is 32.1 Å². The number of rotatable bonds is 7. The zero-order valence-electron chi connectivity index (χ0n) is 16.5. The number of hydrogen-bond donors (Lipinski definition) is 2. The van der Waals surface area contributed by atoms with Gasteiger partial charge in [0.25, 0.3) is 0 Å². The molecular weight excluding hydrogens is 376 g/mol. The average molecular weight is 403 g/mol. The van der Waals surface area contributed by atoms with E-state index in [9.17, 15) is 9.59 Å². The van der Waals surface area contributed by atoms with Crippen LogP contribution in [0.1, 0.15) is 41.1 Å². The molecule has 0 bridgehead atoms. The Morgan fingerprint density at radius 3 is 2.82 bits per heavy atom. The van der Waals surface area contributed by atoms with Crippen LogP contribution in [-0.2, 0) is 22.4 Å². The first-order valence-electron chi connectivity index (χ1n) is 9.51. The summed E-state index contributed by atoms with van der Waals surface area (Å²) in [5, 5.41) is 6.57. The summed E-state index contributed by atoms with van der Waals surface area (Å²) in [7, 11) is 1.59. The highest BCUT2D eigenvalue weighted by atomic mass is 32.1. The summed E-state index contributed by atoms with van der Waals surface area (Å²) in [6, 6.07) is 7.41. The van der Waals surface area contributed by atoms with Gasteiger partial charge < -0.3 is 20.1 Å². The molecule has 6 nitrogen and oxygen atoms in total. The second kappa shape index (κ2) is 9.10. The van der Waals surface area contributed by atoms with Crippen LogP contribution in [0, 0.1) is 5.92 Å². The van der Waals surface area contributed by atoms with Gasteiger partial charge in [-0.15, -0.1) is 11.3 Å². The minimum atomic E-state index is -0.359. The van der Waals surface area contributed by atoms with Crippen LogP contribution in [0.2, 0.25) is 0 Å². The lowest BCUT2D eigenvalue weighted by Gasteiger charge is -2.18. The standard InChI is InChI=1S/C21H26N2O4S/c1-4-27-21(25)19-14-10-9-13(2)11-17(14)28-20(19)23-18(24)12-22-15-7-5-6-8-16(15)26-3/h5-8,13,22H,4,9-12H2,1-3H3,(H,23,24). The molecule has 1 unspecified atom stereocenters. The highest BCUT2D eigenvalue weighted by Gasteiger charge is 2.29. The van der Waals surface area contributed by atoms with Gasteiger partial charge in [0.05, 0.1) is 31.5 Å². The van der Waals surface area contributed by atoms with Gasteiger partial charge >= 0.3 is 5.97 Å². The fourth-order valence-corrected chi connectivity index (χ4v) is 4.81. The maximum atomic E-state index is 12.5. The Kier molecular flexibility index (Phi) is 6.57. The Bertz CT molecular complexity index is 862. The molecule has 1 amide bonds. The molecule has 1 aliphatic carbocycles. The summed E-state index contributed by atoms with van der Waals surface area (Å²) in [5.74, 6) is 0.672.